The van der Waals surface area contributed by atoms with Gasteiger partial charge in [-0.1, -0.05) is 40.7 Å². The highest BCUT2D eigenvalue weighted by atomic mass is 35.5. The van der Waals surface area contributed by atoms with E-state index >= 15 is 0 Å². The standard InChI is InChI=1S/C20H11Cl2N3O/c21-14-8-15(22)10-16(9-14)24-19-17-5-1-2-6-18(17)25(20(19)26)12-13-4-3-7-23-11-13/h2-4,6-11H,12H2. The lowest BCUT2D eigenvalue weighted by molar-refractivity contribution is -0.121. The minimum atomic E-state index is -0.212. The molecule has 0 radical (unpaired) electrons. The number of nitrogens with zero attached hydrogens (tertiary/aromatic N) is 3. The molecule has 2 aromatic rings. The Labute approximate surface area is 160 Å². The maximum atomic E-state index is 13.0. The molecule has 6 heteroatoms. The molecule has 1 fully saturated rings. The van der Waals surface area contributed by atoms with Gasteiger partial charge in [-0.15, -0.1) is 0 Å². The van der Waals surface area contributed by atoms with Crippen LogP contribution in [0.15, 0.2) is 82.6 Å². The van der Waals surface area contributed by atoms with E-state index in [2.05, 4.69) is 21.4 Å². The number of carbonyl (C=O) groups excluding carboxylic acids is 1. The number of halogens is 2. The quantitative estimate of drug-likeness (QED) is 0.729. The highest BCUT2D eigenvalue weighted by molar-refractivity contribution is 6.50. The molecule has 1 amide bonds. The van der Waals surface area contributed by atoms with Crippen LogP contribution in [0.1, 0.15) is 5.56 Å². The van der Waals surface area contributed by atoms with Gasteiger partial charge in [0.1, 0.15) is 5.71 Å². The molecule has 0 bridgehead atoms. The maximum Gasteiger partial charge on any atom is 0.278 e. The first kappa shape index (κ1) is 16.6. The van der Waals surface area contributed by atoms with Crippen molar-refractivity contribution < 1.29 is 4.79 Å². The Kier molecular flexibility index (Phi) is 4.34. The van der Waals surface area contributed by atoms with Gasteiger partial charge in [0, 0.05) is 22.4 Å². The zero-order valence-electron chi connectivity index (χ0n) is 13.4. The number of aromatic nitrogens is 1. The smallest absolute Gasteiger partial charge is 0.278 e. The molecule has 0 saturated carbocycles. The molecule has 4 nitrogen and oxygen atoms in total. The monoisotopic (exact) mass is 379 g/mol. The summed E-state index contributed by atoms with van der Waals surface area (Å²) in [5.41, 5.74) is 8.96. The third kappa shape index (κ3) is 3.15. The van der Waals surface area contributed by atoms with Crippen molar-refractivity contribution in [2.24, 2.45) is 4.99 Å². The molecular weight excluding hydrogens is 369 g/mol. The number of carbonyl (C=O) groups is 1. The second kappa shape index (κ2) is 6.80. The van der Waals surface area contributed by atoms with Crippen molar-refractivity contribution >= 4 is 40.5 Å². The van der Waals surface area contributed by atoms with Gasteiger partial charge in [0.15, 0.2) is 0 Å². The largest absolute Gasteiger partial charge is 0.301 e. The zero-order valence-corrected chi connectivity index (χ0v) is 14.9. The SMILES string of the molecule is O=C1C(=Nc2cc(Cl)cc(Cl)c2)C2=C=C=CC=C2N1Cc1cccnc1. The van der Waals surface area contributed by atoms with Gasteiger partial charge >= 0.3 is 0 Å². The van der Waals surface area contributed by atoms with Gasteiger partial charge < -0.3 is 4.90 Å². The molecule has 1 saturated heterocycles. The van der Waals surface area contributed by atoms with Crippen LogP contribution in [0, 0.1) is 0 Å². The average molecular weight is 380 g/mol. The van der Waals surface area contributed by atoms with Gasteiger partial charge in [-0.2, -0.15) is 0 Å². The van der Waals surface area contributed by atoms with Crippen molar-refractivity contribution in [1.82, 2.24) is 9.88 Å². The zero-order chi connectivity index (χ0) is 18.1. The summed E-state index contributed by atoms with van der Waals surface area (Å²) in [7, 11) is 0. The number of benzene rings is 1. The van der Waals surface area contributed by atoms with Gasteiger partial charge in [-0.3, -0.25) is 9.78 Å². The summed E-state index contributed by atoms with van der Waals surface area (Å²) in [6.45, 7) is 0.396. The third-order valence-electron chi connectivity index (χ3n) is 3.90. The number of aliphatic imine (C=N–C) groups is 1. The maximum absolute atomic E-state index is 13.0. The van der Waals surface area contributed by atoms with E-state index in [-0.39, 0.29) is 5.91 Å². The fraction of sp³-hybridized carbons (Fsp3) is 0.0500. The van der Waals surface area contributed by atoms with Crippen LogP contribution in [-0.2, 0) is 11.3 Å². The fourth-order valence-electron chi connectivity index (χ4n) is 2.80. The first-order chi connectivity index (χ1) is 12.6. The highest BCUT2D eigenvalue weighted by Gasteiger charge is 2.37. The van der Waals surface area contributed by atoms with Crippen LogP contribution < -0.4 is 0 Å². The van der Waals surface area contributed by atoms with Gasteiger partial charge in [-0.05, 0) is 42.0 Å². The Bertz CT molecular complexity index is 1050. The number of pyridine rings is 1. The number of hydrogen-bond acceptors (Lipinski definition) is 3. The Hall–Kier alpha value is -2.87. The molecule has 0 spiro atoms. The van der Waals surface area contributed by atoms with Crippen molar-refractivity contribution in [2.75, 3.05) is 0 Å². The summed E-state index contributed by atoms with van der Waals surface area (Å²) in [6, 6.07) is 8.69. The normalized spacial score (nSPS) is 16.8. The van der Waals surface area contributed by atoms with Crippen molar-refractivity contribution in [3.8, 4) is 0 Å². The number of hydrogen-bond donors (Lipinski definition) is 0. The number of rotatable bonds is 3. The average Bonchev–Trinajstić information content (AvgIpc) is 2.88. The van der Waals surface area contributed by atoms with Crippen molar-refractivity contribution in [3.63, 3.8) is 0 Å². The Balaban J connectivity index is 1.77. The van der Waals surface area contributed by atoms with Crippen LogP contribution in [0.4, 0.5) is 5.69 Å². The Morgan fingerprint density at radius 1 is 1.19 bits per heavy atom. The van der Waals surface area contributed by atoms with Gasteiger partial charge in [-0.25, -0.2) is 4.99 Å². The van der Waals surface area contributed by atoms with E-state index in [0.29, 0.717) is 33.6 Å². The molecule has 1 aromatic heterocycles. The first-order valence-electron chi connectivity index (χ1n) is 7.80. The lowest BCUT2D eigenvalue weighted by Crippen LogP contribution is -2.26. The van der Waals surface area contributed by atoms with Crippen molar-refractivity contribution in [2.45, 2.75) is 6.54 Å². The van der Waals surface area contributed by atoms with E-state index in [4.69, 9.17) is 23.2 Å². The number of likely N-dealkylation sites (tertiary alicyclic amines) is 1. The molecular formula is C20H11Cl2N3O. The minimum absolute atomic E-state index is 0.212. The van der Waals surface area contributed by atoms with E-state index in [1.165, 1.54) is 0 Å². The molecule has 2 heterocycles. The van der Waals surface area contributed by atoms with Crippen LogP contribution in [0.3, 0.4) is 0 Å². The van der Waals surface area contributed by atoms with E-state index in [1.54, 1.807) is 41.6 Å². The molecule has 0 unspecified atom stereocenters. The molecule has 26 heavy (non-hydrogen) atoms. The fourth-order valence-corrected chi connectivity index (χ4v) is 3.31. The molecule has 2 aliphatic rings. The number of fused-ring (bicyclic) bond motifs is 1. The highest BCUT2D eigenvalue weighted by Crippen LogP contribution is 2.32. The lowest BCUT2D eigenvalue weighted by Gasteiger charge is -2.16. The summed E-state index contributed by atoms with van der Waals surface area (Å²) >= 11 is 12.1. The molecule has 4 rings (SSSR count). The van der Waals surface area contributed by atoms with Crippen LogP contribution in [-0.4, -0.2) is 21.5 Å². The molecule has 0 atom stereocenters. The van der Waals surface area contributed by atoms with E-state index < -0.39 is 0 Å². The Morgan fingerprint density at radius 3 is 2.73 bits per heavy atom. The van der Waals surface area contributed by atoms with Crippen LogP contribution >= 0.6 is 23.2 Å². The van der Waals surface area contributed by atoms with Crippen LogP contribution in [0.2, 0.25) is 10.0 Å². The van der Waals surface area contributed by atoms with Crippen molar-refractivity contribution in [3.05, 3.63) is 93.2 Å². The number of allylic oxidation sites excluding steroid dienone is 3. The van der Waals surface area contributed by atoms with Gasteiger partial charge in [0.2, 0.25) is 0 Å². The second-order valence-electron chi connectivity index (χ2n) is 5.70. The van der Waals surface area contributed by atoms with Crippen LogP contribution in [0.5, 0.6) is 0 Å². The summed E-state index contributed by atoms with van der Waals surface area (Å²) in [6.07, 6.45) is 6.98. The summed E-state index contributed by atoms with van der Waals surface area (Å²) in [5, 5.41) is 0.914. The van der Waals surface area contributed by atoms with E-state index in [1.807, 2.05) is 18.2 Å². The van der Waals surface area contributed by atoms with Crippen molar-refractivity contribution in [1.29, 1.82) is 0 Å². The van der Waals surface area contributed by atoms with E-state index in [0.717, 1.165) is 11.3 Å². The molecule has 1 aliphatic heterocycles. The number of amides is 1. The predicted octanol–water partition coefficient (Wildman–Crippen LogP) is 4.64. The van der Waals surface area contributed by atoms with Gasteiger partial charge in [0.05, 0.1) is 23.5 Å². The van der Waals surface area contributed by atoms with Gasteiger partial charge in [0.25, 0.3) is 5.91 Å². The predicted molar refractivity (Wildman–Crippen MR) is 102 cm³/mol. The third-order valence-corrected chi connectivity index (χ3v) is 4.34. The minimum Gasteiger partial charge on any atom is -0.301 e. The molecule has 1 aliphatic carbocycles. The summed E-state index contributed by atoms with van der Waals surface area (Å²) < 4.78 is 0. The Morgan fingerprint density at radius 2 is 2.00 bits per heavy atom. The molecule has 126 valence electrons. The summed E-state index contributed by atoms with van der Waals surface area (Å²) in [5.74, 6) is -0.212. The molecule has 1 aromatic carbocycles. The van der Waals surface area contributed by atoms with E-state index in [9.17, 15) is 4.79 Å². The molecule has 0 N–H and O–H groups in total. The second-order valence-corrected chi connectivity index (χ2v) is 6.58. The topological polar surface area (TPSA) is 45.6 Å². The lowest BCUT2D eigenvalue weighted by atomic mass is 10.1. The summed E-state index contributed by atoms with van der Waals surface area (Å²) in [4.78, 5) is 23.3. The van der Waals surface area contributed by atoms with Crippen LogP contribution in [0.25, 0.3) is 0 Å². The first-order valence-corrected chi connectivity index (χ1v) is 8.56.